The minimum atomic E-state index is -1.47. The van der Waals surface area contributed by atoms with E-state index in [1.165, 1.54) is 17.3 Å². The monoisotopic (exact) mass is 450 g/mol. The minimum absolute atomic E-state index is 0.00429. The highest BCUT2D eigenvalue weighted by Crippen LogP contribution is 2.67. The van der Waals surface area contributed by atoms with Crippen molar-refractivity contribution in [2.24, 2.45) is 28.6 Å². The largest absolute Gasteiger partial charge is 0.481 e. The van der Waals surface area contributed by atoms with Crippen LogP contribution in [-0.4, -0.2) is 56.1 Å². The van der Waals surface area contributed by atoms with Gasteiger partial charge in [0.15, 0.2) is 11.6 Å². The normalized spacial score (nSPS) is 44.1. The second-order valence-electron chi connectivity index (χ2n) is 10.6. The highest BCUT2D eigenvalue weighted by Gasteiger charge is 2.68. The van der Waals surface area contributed by atoms with Crippen LogP contribution in [-0.2, 0) is 14.4 Å². The van der Waals surface area contributed by atoms with Gasteiger partial charge in [-0.25, -0.2) is 0 Å². The molecule has 0 bridgehead atoms. The molecule has 0 spiro atoms. The van der Waals surface area contributed by atoms with Crippen molar-refractivity contribution >= 4 is 29.3 Å². The molecule has 0 aromatic heterocycles. The summed E-state index contributed by atoms with van der Waals surface area (Å²) < 4.78 is 0. The quantitative estimate of drug-likeness (QED) is 0.533. The molecule has 0 radical (unpaired) electrons. The molecule has 4 aliphatic rings. The molecule has 3 saturated carbocycles. The van der Waals surface area contributed by atoms with E-state index in [2.05, 4.69) is 6.92 Å². The van der Waals surface area contributed by atoms with Crippen LogP contribution in [0, 0.1) is 28.6 Å². The van der Waals surface area contributed by atoms with E-state index in [9.17, 15) is 24.6 Å². The number of carboxylic acids is 1. The fraction of sp³-hybridized carbons (Fsp3) is 0.792. The van der Waals surface area contributed by atoms with Crippen LogP contribution < -0.4 is 0 Å². The van der Waals surface area contributed by atoms with Crippen molar-refractivity contribution in [3.63, 3.8) is 0 Å². The van der Waals surface area contributed by atoms with Crippen LogP contribution in [0.3, 0.4) is 0 Å². The third kappa shape index (κ3) is 3.51. The van der Waals surface area contributed by atoms with Gasteiger partial charge in [0, 0.05) is 17.6 Å². The number of fused-ring (bicyclic) bond motifs is 5. The molecule has 4 aliphatic carbocycles. The first-order valence-corrected chi connectivity index (χ1v) is 12.7. The summed E-state index contributed by atoms with van der Waals surface area (Å²) in [5, 5.41) is 31.8. The van der Waals surface area contributed by atoms with E-state index in [4.69, 9.17) is 5.11 Å². The summed E-state index contributed by atoms with van der Waals surface area (Å²) in [6, 6.07) is 0. The summed E-state index contributed by atoms with van der Waals surface area (Å²) in [5.74, 6) is -0.0513. The van der Waals surface area contributed by atoms with Crippen LogP contribution in [0.25, 0.3) is 0 Å². The highest BCUT2D eigenvalue weighted by molar-refractivity contribution is 7.99. The Morgan fingerprint density at radius 1 is 1.19 bits per heavy atom. The SMILES string of the molecule is C[C@]12CCC(=O)C=C1CC[C@@H]1[C@@H]2[C@@H](O)C[C@@]2(C)[C@H]1CC[C@]2(O)C(=O)CSCCC(=O)O. The maximum atomic E-state index is 13.1. The smallest absolute Gasteiger partial charge is 0.304 e. The number of carbonyl (C=O) groups excluding carboxylic acids is 2. The average molecular weight is 451 g/mol. The van der Waals surface area contributed by atoms with Gasteiger partial charge in [-0.2, -0.15) is 11.8 Å². The standard InChI is InChI=1S/C24H34O6S/c1-22-8-5-15(25)11-14(22)3-4-16-17-6-9-24(30,19(27)13-31-10-7-20(28)29)23(17,2)12-18(26)21(16)22/h11,16-18,21,26,30H,3-10,12-13H2,1-2H3,(H,28,29)/t16-,17-,18-,21+,22-,23-,24-/m0/s1. The maximum Gasteiger partial charge on any atom is 0.304 e. The van der Waals surface area contributed by atoms with E-state index < -0.39 is 23.1 Å². The predicted molar refractivity (Wildman–Crippen MR) is 118 cm³/mol. The Labute approximate surface area is 187 Å². The lowest BCUT2D eigenvalue weighted by molar-refractivity contribution is -0.178. The van der Waals surface area contributed by atoms with Gasteiger partial charge in [-0.15, -0.1) is 0 Å². The molecule has 7 atom stereocenters. The summed E-state index contributed by atoms with van der Waals surface area (Å²) in [6.45, 7) is 4.17. The van der Waals surface area contributed by atoms with Gasteiger partial charge in [0.2, 0.25) is 0 Å². The predicted octanol–water partition coefficient (Wildman–Crippen LogP) is 3.00. The molecule has 0 unspecified atom stereocenters. The third-order valence-corrected chi connectivity index (χ3v) is 10.2. The number of hydrogen-bond donors (Lipinski definition) is 3. The van der Waals surface area contributed by atoms with Gasteiger partial charge in [-0.05, 0) is 67.8 Å². The van der Waals surface area contributed by atoms with Gasteiger partial charge < -0.3 is 15.3 Å². The van der Waals surface area contributed by atoms with E-state index in [1.54, 1.807) is 0 Å². The Bertz CT molecular complexity index is 823. The van der Waals surface area contributed by atoms with Gasteiger partial charge in [0.05, 0.1) is 18.3 Å². The molecule has 0 aromatic carbocycles. The number of aliphatic carboxylic acids is 1. The highest BCUT2D eigenvalue weighted by atomic mass is 32.2. The Morgan fingerprint density at radius 3 is 2.65 bits per heavy atom. The molecule has 0 heterocycles. The van der Waals surface area contributed by atoms with E-state index in [0.29, 0.717) is 25.0 Å². The number of thioether (sulfide) groups is 1. The molecule has 0 aromatic rings. The first kappa shape index (κ1) is 23.0. The fourth-order valence-corrected chi connectivity index (χ4v) is 8.48. The molecule has 4 rings (SSSR count). The molecule has 3 N–H and O–H groups in total. The molecule has 3 fully saturated rings. The topological polar surface area (TPSA) is 112 Å². The average Bonchev–Trinajstić information content (AvgIpc) is 2.97. The first-order chi connectivity index (χ1) is 14.5. The van der Waals surface area contributed by atoms with Gasteiger partial charge >= 0.3 is 5.97 Å². The van der Waals surface area contributed by atoms with Crippen LogP contribution in [0.1, 0.15) is 65.2 Å². The lowest BCUT2D eigenvalue weighted by Gasteiger charge is -2.60. The molecule has 0 aliphatic heterocycles. The number of carboxylic acid groups (broad SMARTS) is 1. The molecular weight excluding hydrogens is 416 g/mol. The van der Waals surface area contributed by atoms with E-state index >= 15 is 0 Å². The molecule has 31 heavy (non-hydrogen) atoms. The van der Waals surface area contributed by atoms with Crippen molar-refractivity contribution in [1.82, 2.24) is 0 Å². The molecular formula is C24H34O6S. The second-order valence-corrected chi connectivity index (χ2v) is 11.7. The minimum Gasteiger partial charge on any atom is -0.481 e. The number of rotatable bonds is 6. The molecule has 0 saturated heterocycles. The van der Waals surface area contributed by atoms with E-state index in [-0.39, 0.29) is 46.9 Å². The third-order valence-electron chi connectivity index (χ3n) is 9.20. The number of ketones is 2. The van der Waals surface area contributed by atoms with Crippen LogP contribution in [0.5, 0.6) is 0 Å². The van der Waals surface area contributed by atoms with Crippen molar-refractivity contribution in [1.29, 1.82) is 0 Å². The van der Waals surface area contributed by atoms with Gasteiger partial charge in [-0.1, -0.05) is 19.4 Å². The summed E-state index contributed by atoms with van der Waals surface area (Å²) in [5.41, 5.74) is -1.17. The Kier molecular flexibility index (Phi) is 5.93. The van der Waals surface area contributed by atoms with Gasteiger partial charge in [0.1, 0.15) is 5.60 Å². The van der Waals surface area contributed by atoms with Crippen LogP contribution >= 0.6 is 11.8 Å². The summed E-state index contributed by atoms with van der Waals surface area (Å²) in [6.07, 6.45) is 5.76. The number of aliphatic hydroxyl groups excluding tert-OH is 1. The Balaban J connectivity index is 1.56. The Hall–Kier alpha value is -1.18. The molecule has 7 heteroatoms. The zero-order chi connectivity index (χ0) is 22.6. The first-order valence-electron chi connectivity index (χ1n) is 11.5. The zero-order valence-corrected chi connectivity index (χ0v) is 19.2. The number of Topliss-reactive ketones (excluding diaryl/α,β-unsaturated/α-hetero) is 1. The maximum absolute atomic E-state index is 13.1. The van der Waals surface area contributed by atoms with Gasteiger partial charge in [0.25, 0.3) is 0 Å². The molecule has 172 valence electrons. The van der Waals surface area contributed by atoms with Crippen molar-refractivity contribution in [2.45, 2.75) is 76.9 Å². The lowest BCUT2D eigenvalue weighted by atomic mass is 9.45. The van der Waals surface area contributed by atoms with Crippen molar-refractivity contribution in [2.75, 3.05) is 11.5 Å². The number of aliphatic hydroxyl groups is 2. The van der Waals surface area contributed by atoms with Crippen LogP contribution in [0.4, 0.5) is 0 Å². The molecule has 0 amide bonds. The fourth-order valence-electron chi connectivity index (χ4n) is 7.59. The van der Waals surface area contributed by atoms with E-state index in [0.717, 1.165) is 25.7 Å². The summed E-state index contributed by atoms with van der Waals surface area (Å²) >= 11 is 1.26. The number of allylic oxidation sites excluding steroid dienone is 1. The summed E-state index contributed by atoms with van der Waals surface area (Å²) in [7, 11) is 0. The van der Waals surface area contributed by atoms with Crippen LogP contribution in [0.15, 0.2) is 11.6 Å². The summed E-state index contributed by atoms with van der Waals surface area (Å²) in [4.78, 5) is 35.8. The van der Waals surface area contributed by atoms with Crippen LogP contribution in [0.2, 0.25) is 0 Å². The van der Waals surface area contributed by atoms with Crippen molar-refractivity contribution in [3.8, 4) is 0 Å². The Morgan fingerprint density at radius 2 is 1.94 bits per heavy atom. The second kappa shape index (κ2) is 7.99. The molecule has 6 nitrogen and oxygen atoms in total. The lowest BCUT2D eigenvalue weighted by Crippen LogP contribution is -2.62. The number of carbonyl (C=O) groups is 3. The van der Waals surface area contributed by atoms with Crippen molar-refractivity contribution in [3.05, 3.63) is 11.6 Å². The zero-order valence-electron chi connectivity index (χ0n) is 18.4. The van der Waals surface area contributed by atoms with Crippen molar-refractivity contribution < 1.29 is 29.7 Å². The van der Waals surface area contributed by atoms with Gasteiger partial charge in [-0.3, -0.25) is 14.4 Å². The number of hydrogen-bond acceptors (Lipinski definition) is 6. The van der Waals surface area contributed by atoms with E-state index in [1.807, 2.05) is 13.0 Å².